The highest BCUT2D eigenvalue weighted by Crippen LogP contribution is 2.21. The van der Waals surface area contributed by atoms with Gasteiger partial charge in [-0.3, -0.25) is 0 Å². The first-order valence-electron chi connectivity index (χ1n) is 4.19. The van der Waals surface area contributed by atoms with E-state index in [2.05, 4.69) is 38.5 Å². The molecular weight excluding hydrogens is 264 g/mol. The Morgan fingerprint density at radius 2 is 2.29 bits per heavy atom. The van der Waals surface area contributed by atoms with Crippen LogP contribution in [0.4, 0.5) is 0 Å². The molecule has 74 valence electrons. The number of thiophene rings is 1. The van der Waals surface area contributed by atoms with E-state index >= 15 is 0 Å². The lowest BCUT2D eigenvalue weighted by atomic mass is 10.4. The van der Waals surface area contributed by atoms with Gasteiger partial charge in [0.25, 0.3) is 0 Å². The van der Waals surface area contributed by atoms with Crippen molar-refractivity contribution in [3.05, 3.63) is 38.8 Å². The maximum atomic E-state index is 4.96. The van der Waals surface area contributed by atoms with E-state index in [1.807, 2.05) is 6.07 Å². The van der Waals surface area contributed by atoms with Crippen LogP contribution in [-0.2, 0) is 13.1 Å². The number of nitrogens with zero attached hydrogens (tertiary/aromatic N) is 1. The Kier molecular flexibility index (Phi) is 3.34. The second kappa shape index (κ2) is 4.72. The van der Waals surface area contributed by atoms with E-state index in [1.165, 1.54) is 4.88 Å². The van der Waals surface area contributed by atoms with Crippen LogP contribution in [-0.4, -0.2) is 5.16 Å². The zero-order valence-corrected chi connectivity index (χ0v) is 9.77. The Labute approximate surface area is 94.2 Å². The normalized spacial score (nSPS) is 10.6. The number of hydrogen-bond acceptors (Lipinski definition) is 4. The summed E-state index contributed by atoms with van der Waals surface area (Å²) in [6, 6.07) is 6.01. The van der Waals surface area contributed by atoms with Crippen LogP contribution in [0.15, 0.2) is 32.7 Å². The van der Waals surface area contributed by atoms with Crippen LogP contribution in [0, 0.1) is 0 Å². The monoisotopic (exact) mass is 272 g/mol. The first-order chi connectivity index (χ1) is 6.84. The van der Waals surface area contributed by atoms with Crippen molar-refractivity contribution >= 4 is 27.3 Å². The molecule has 0 aliphatic rings. The van der Waals surface area contributed by atoms with Gasteiger partial charge in [0.05, 0.1) is 16.5 Å². The highest BCUT2D eigenvalue weighted by Gasteiger charge is 1.99. The van der Waals surface area contributed by atoms with Crippen molar-refractivity contribution in [2.75, 3.05) is 0 Å². The second-order valence-corrected chi connectivity index (χ2v) is 5.34. The molecule has 0 amide bonds. The molecule has 0 aromatic carbocycles. The van der Waals surface area contributed by atoms with Gasteiger partial charge in [-0.15, -0.1) is 11.3 Å². The second-order valence-electron chi connectivity index (χ2n) is 2.79. The molecule has 0 unspecified atom stereocenters. The van der Waals surface area contributed by atoms with E-state index in [9.17, 15) is 0 Å². The molecule has 0 fully saturated rings. The summed E-state index contributed by atoms with van der Waals surface area (Å²) in [4.78, 5) is 1.30. The fourth-order valence-electron chi connectivity index (χ4n) is 1.09. The molecule has 0 aliphatic heterocycles. The average Bonchev–Trinajstić information content (AvgIpc) is 2.77. The summed E-state index contributed by atoms with van der Waals surface area (Å²) in [6.45, 7) is 1.58. The summed E-state index contributed by atoms with van der Waals surface area (Å²) < 4.78 is 6.12. The Morgan fingerprint density at radius 1 is 1.36 bits per heavy atom. The minimum absolute atomic E-state index is 0.718. The lowest BCUT2D eigenvalue weighted by Gasteiger charge is -1.98. The average molecular weight is 273 g/mol. The van der Waals surface area contributed by atoms with Gasteiger partial charge in [-0.1, -0.05) is 5.16 Å². The standard InChI is InChI=1S/C9H9BrN2OS/c10-9-2-1-8(14-9)6-11-5-7-3-4-12-13-7/h1-4,11H,5-6H2. The molecule has 2 heterocycles. The lowest BCUT2D eigenvalue weighted by molar-refractivity contribution is 0.373. The third-order valence-corrected chi connectivity index (χ3v) is 3.34. The number of halogens is 1. The first kappa shape index (κ1) is 9.89. The molecule has 0 radical (unpaired) electrons. The minimum Gasteiger partial charge on any atom is -0.360 e. The van der Waals surface area contributed by atoms with Gasteiger partial charge < -0.3 is 9.84 Å². The van der Waals surface area contributed by atoms with Crippen LogP contribution in [0.3, 0.4) is 0 Å². The third-order valence-electron chi connectivity index (χ3n) is 1.72. The van der Waals surface area contributed by atoms with Crippen molar-refractivity contribution in [2.24, 2.45) is 0 Å². The number of hydrogen-bond donors (Lipinski definition) is 1. The highest BCUT2D eigenvalue weighted by molar-refractivity contribution is 9.11. The predicted molar refractivity (Wildman–Crippen MR) is 59.1 cm³/mol. The van der Waals surface area contributed by atoms with Gasteiger partial charge in [0.2, 0.25) is 0 Å². The van der Waals surface area contributed by atoms with Crippen molar-refractivity contribution < 1.29 is 4.52 Å². The van der Waals surface area contributed by atoms with Gasteiger partial charge in [-0.05, 0) is 28.1 Å². The van der Waals surface area contributed by atoms with Gasteiger partial charge >= 0.3 is 0 Å². The van der Waals surface area contributed by atoms with Crippen molar-refractivity contribution in [3.63, 3.8) is 0 Å². The quantitative estimate of drug-likeness (QED) is 0.930. The molecule has 5 heteroatoms. The topological polar surface area (TPSA) is 38.1 Å². The number of nitrogens with one attached hydrogen (secondary N) is 1. The molecule has 0 saturated carbocycles. The summed E-state index contributed by atoms with van der Waals surface area (Å²) in [5.41, 5.74) is 0. The molecule has 3 nitrogen and oxygen atoms in total. The fourth-order valence-corrected chi connectivity index (χ4v) is 2.54. The van der Waals surface area contributed by atoms with E-state index < -0.39 is 0 Å². The van der Waals surface area contributed by atoms with Crippen molar-refractivity contribution in [1.29, 1.82) is 0 Å². The maximum absolute atomic E-state index is 4.96. The molecule has 2 aromatic heterocycles. The zero-order chi connectivity index (χ0) is 9.80. The molecule has 0 atom stereocenters. The van der Waals surface area contributed by atoms with E-state index in [-0.39, 0.29) is 0 Å². The van der Waals surface area contributed by atoms with Crippen LogP contribution in [0.2, 0.25) is 0 Å². The molecule has 0 bridgehead atoms. The van der Waals surface area contributed by atoms with E-state index in [0.717, 1.165) is 22.6 Å². The first-order valence-corrected chi connectivity index (χ1v) is 5.80. The van der Waals surface area contributed by atoms with Crippen molar-refractivity contribution in [2.45, 2.75) is 13.1 Å². The highest BCUT2D eigenvalue weighted by atomic mass is 79.9. The molecule has 0 saturated heterocycles. The van der Waals surface area contributed by atoms with Crippen LogP contribution in [0.5, 0.6) is 0 Å². The Bertz CT molecular complexity index is 385. The summed E-state index contributed by atoms with van der Waals surface area (Å²) in [6.07, 6.45) is 1.65. The SMILES string of the molecule is Brc1ccc(CNCc2ccno2)s1. The zero-order valence-electron chi connectivity index (χ0n) is 7.37. The Balaban J connectivity index is 1.78. The molecule has 14 heavy (non-hydrogen) atoms. The van der Waals surface area contributed by atoms with Crippen LogP contribution < -0.4 is 5.32 Å². The van der Waals surface area contributed by atoms with Gasteiger partial charge in [0.1, 0.15) is 5.76 Å². The fraction of sp³-hybridized carbons (Fsp3) is 0.222. The van der Waals surface area contributed by atoms with Gasteiger partial charge in [0, 0.05) is 17.5 Å². The van der Waals surface area contributed by atoms with Crippen LogP contribution >= 0.6 is 27.3 Å². The summed E-state index contributed by atoms with van der Waals surface area (Å²) in [7, 11) is 0. The van der Waals surface area contributed by atoms with Crippen molar-refractivity contribution in [1.82, 2.24) is 10.5 Å². The molecule has 2 rings (SSSR count). The Morgan fingerprint density at radius 3 is 2.93 bits per heavy atom. The van der Waals surface area contributed by atoms with Crippen molar-refractivity contribution in [3.8, 4) is 0 Å². The van der Waals surface area contributed by atoms with Crippen LogP contribution in [0.1, 0.15) is 10.6 Å². The number of rotatable bonds is 4. The molecular formula is C9H9BrN2OS. The summed E-state index contributed by atoms with van der Waals surface area (Å²) in [5.74, 6) is 0.862. The lowest BCUT2D eigenvalue weighted by Crippen LogP contribution is -2.10. The number of aromatic nitrogens is 1. The third kappa shape index (κ3) is 2.67. The van der Waals surface area contributed by atoms with E-state index in [1.54, 1.807) is 17.5 Å². The van der Waals surface area contributed by atoms with E-state index in [4.69, 9.17) is 4.52 Å². The minimum atomic E-state index is 0.718. The van der Waals surface area contributed by atoms with Crippen LogP contribution in [0.25, 0.3) is 0 Å². The van der Waals surface area contributed by atoms with Gasteiger partial charge in [0.15, 0.2) is 0 Å². The maximum Gasteiger partial charge on any atom is 0.150 e. The van der Waals surface area contributed by atoms with Gasteiger partial charge in [-0.25, -0.2) is 0 Å². The molecule has 2 aromatic rings. The molecule has 0 spiro atoms. The smallest absolute Gasteiger partial charge is 0.150 e. The Hall–Kier alpha value is -0.650. The summed E-state index contributed by atoms with van der Waals surface area (Å²) in [5, 5.41) is 6.91. The summed E-state index contributed by atoms with van der Waals surface area (Å²) >= 11 is 5.16. The largest absolute Gasteiger partial charge is 0.360 e. The molecule has 1 N–H and O–H groups in total. The predicted octanol–water partition coefficient (Wildman–Crippen LogP) is 2.79. The van der Waals surface area contributed by atoms with Gasteiger partial charge in [-0.2, -0.15) is 0 Å². The van der Waals surface area contributed by atoms with E-state index in [0.29, 0.717) is 0 Å². The molecule has 0 aliphatic carbocycles.